The predicted molar refractivity (Wildman–Crippen MR) is 82.8 cm³/mol. The fourth-order valence-corrected chi connectivity index (χ4v) is 2.69. The first-order valence-electron chi connectivity index (χ1n) is 6.00. The van der Waals surface area contributed by atoms with Crippen LogP contribution in [0.25, 0.3) is 0 Å². The summed E-state index contributed by atoms with van der Waals surface area (Å²) in [5.41, 5.74) is 1.98. The summed E-state index contributed by atoms with van der Waals surface area (Å²) in [7, 11) is 0. The molecule has 5 nitrogen and oxygen atoms in total. The van der Waals surface area contributed by atoms with Gasteiger partial charge in [0.05, 0.1) is 12.0 Å². The van der Waals surface area contributed by atoms with Crippen LogP contribution in [0.2, 0.25) is 0 Å². The maximum absolute atomic E-state index is 11.6. The van der Waals surface area contributed by atoms with E-state index in [9.17, 15) is 14.7 Å². The SMILES string of the molecule is Cc1cccc(CC(C(=O)O)c2nc[nH]c(=O)c2I)c1. The largest absolute Gasteiger partial charge is 0.481 e. The molecule has 104 valence electrons. The first kappa shape index (κ1) is 14.7. The lowest BCUT2D eigenvalue weighted by Gasteiger charge is -2.13. The van der Waals surface area contributed by atoms with E-state index < -0.39 is 11.9 Å². The summed E-state index contributed by atoms with van der Waals surface area (Å²) in [6, 6.07) is 7.66. The summed E-state index contributed by atoms with van der Waals surface area (Å²) in [5, 5.41) is 9.42. The Morgan fingerprint density at radius 2 is 2.25 bits per heavy atom. The normalized spacial score (nSPS) is 12.1. The second-order valence-corrected chi connectivity index (χ2v) is 5.59. The Bertz CT molecular complexity index is 697. The summed E-state index contributed by atoms with van der Waals surface area (Å²) in [5.74, 6) is -1.81. The number of carboxylic acids is 1. The van der Waals surface area contributed by atoms with Crippen molar-refractivity contribution in [3.05, 3.63) is 61.3 Å². The van der Waals surface area contributed by atoms with Crippen molar-refractivity contribution >= 4 is 28.6 Å². The van der Waals surface area contributed by atoms with Crippen LogP contribution >= 0.6 is 22.6 Å². The summed E-state index contributed by atoms with van der Waals surface area (Å²) < 4.78 is 0.324. The quantitative estimate of drug-likeness (QED) is 0.791. The van der Waals surface area contributed by atoms with Gasteiger partial charge >= 0.3 is 5.97 Å². The lowest BCUT2D eigenvalue weighted by Crippen LogP contribution is -2.22. The van der Waals surface area contributed by atoms with E-state index in [4.69, 9.17) is 0 Å². The summed E-state index contributed by atoms with van der Waals surface area (Å²) in [6.45, 7) is 1.95. The van der Waals surface area contributed by atoms with Crippen molar-refractivity contribution in [1.82, 2.24) is 9.97 Å². The van der Waals surface area contributed by atoms with Gasteiger partial charge in [0.2, 0.25) is 0 Å². The molecule has 0 saturated carbocycles. The number of halogens is 1. The molecule has 0 aliphatic heterocycles. The first-order valence-corrected chi connectivity index (χ1v) is 7.08. The molecular formula is C14H13IN2O3. The van der Waals surface area contributed by atoms with Crippen LogP contribution in [0, 0.1) is 10.5 Å². The topological polar surface area (TPSA) is 83.0 Å². The number of benzene rings is 1. The zero-order valence-corrected chi connectivity index (χ0v) is 12.9. The maximum atomic E-state index is 11.6. The number of nitrogens with zero attached hydrogens (tertiary/aromatic N) is 1. The van der Waals surface area contributed by atoms with Gasteiger partial charge in [-0.15, -0.1) is 0 Å². The molecule has 0 radical (unpaired) electrons. The van der Waals surface area contributed by atoms with Crippen molar-refractivity contribution in [2.45, 2.75) is 19.3 Å². The minimum atomic E-state index is -0.984. The third-order valence-electron chi connectivity index (χ3n) is 2.97. The van der Waals surface area contributed by atoms with Gasteiger partial charge in [-0.05, 0) is 41.5 Å². The van der Waals surface area contributed by atoms with Gasteiger partial charge in [-0.25, -0.2) is 4.98 Å². The molecule has 0 bridgehead atoms. The molecular weight excluding hydrogens is 371 g/mol. The number of carboxylic acid groups (broad SMARTS) is 1. The van der Waals surface area contributed by atoms with Gasteiger partial charge < -0.3 is 10.1 Å². The summed E-state index contributed by atoms with van der Waals surface area (Å²) in [4.78, 5) is 29.5. The van der Waals surface area contributed by atoms with Crippen LogP contribution in [0.3, 0.4) is 0 Å². The minimum absolute atomic E-state index is 0.309. The monoisotopic (exact) mass is 384 g/mol. The molecule has 0 spiro atoms. The molecule has 1 unspecified atom stereocenters. The number of aryl methyl sites for hydroxylation is 1. The van der Waals surface area contributed by atoms with Gasteiger partial charge in [-0.1, -0.05) is 29.8 Å². The standard InChI is InChI=1S/C14H13IN2O3/c1-8-3-2-4-9(5-8)6-10(14(19)20)12-11(15)13(18)17-7-16-12/h2-5,7,10H,6H2,1H3,(H,19,20)(H,16,17,18). The Morgan fingerprint density at radius 3 is 2.90 bits per heavy atom. The number of aromatic amines is 1. The molecule has 1 aromatic carbocycles. The van der Waals surface area contributed by atoms with E-state index in [-0.39, 0.29) is 5.56 Å². The second-order valence-electron chi connectivity index (χ2n) is 4.51. The average molecular weight is 384 g/mol. The number of hydrogen-bond acceptors (Lipinski definition) is 3. The molecule has 0 amide bonds. The van der Waals surface area contributed by atoms with Crippen molar-refractivity contribution in [3.8, 4) is 0 Å². The van der Waals surface area contributed by atoms with Crippen LogP contribution in [0.4, 0.5) is 0 Å². The van der Waals surface area contributed by atoms with Crippen molar-refractivity contribution in [2.75, 3.05) is 0 Å². The van der Waals surface area contributed by atoms with Crippen LogP contribution in [0.5, 0.6) is 0 Å². The van der Waals surface area contributed by atoms with E-state index >= 15 is 0 Å². The van der Waals surface area contributed by atoms with Gasteiger partial charge in [0.1, 0.15) is 9.49 Å². The number of nitrogens with one attached hydrogen (secondary N) is 1. The van der Waals surface area contributed by atoms with Crippen molar-refractivity contribution in [3.63, 3.8) is 0 Å². The molecule has 6 heteroatoms. The Kier molecular flexibility index (Phi) is 4.53. The van der Waals surface area contributed by atoms with Crippen molar-refractivity contribution in [2.24, 2.45) is 0 Å². The van der Waals surface area contributed by atoms with E-state index in [0.717, 1.165) is 11.1 Å². The number of hydrogen-bond donors (Lipinski definition) is 2. The summed E-state index contributed by atoms with van der Waals surface area (Å²) >= 11 is 1.83. The summed E-state index contributed by atoms with van der Waals surface area (Å²) in [6.07, 6.45) is 1.55. The lowest BCUT2D eigenvalue weighted by atomic mass is 9.95. The van der Waals surface area contributed by atoms with E-state index in [1.165, 1.54) is 6.33 Å². The number of rotatable bonds is 4. The van der Waals surface area contributed by atoms with Gasteiger partial charge in [0.25, 0.3) is 5.56 Å². The highest BCUT2D eigenvalue weighted by Gasteiger charge is 2.25. The molecule has 0 aliphatic rings. The van der Waals surface area contributed by atoms with E-state index in [0.29, 0.717) is 15.7 Å². The Hall–Kier alpha value is -1.70. The molecule has 2 N–H and O–H groups in total. The fraction of sp³-hybridized carbons (Fsp3) is 0.214. The van der Waals surface area contributed by atoms with Crippen LogP contribution in [-0.4, -0.2) is 21.0 Å². The van der Waals surface area contributed by atoms with Gasteiger partial charge in [0, 0.05) is 0 Å². The number of aliphatic carboxylic acids is 1. The highest BCUT2D eigenvalue weighted by atomic mass is 127. The lowest BCUT2D eigenvalue weighted by molar-refractivity contribution is -0.138. The minimum Gasteiger partial charge on any atom is -0.481 e. The second kappa shape index (κ2) is 6.17. The molecule has 1 heterocycles. The smallest absolute Gasteiger partial charge is 0.312 e. The predicted octanol–water partition coefficient (Wildman–Crippen LogP) is 2.09. The Balaban J connectivity index is 2.40. The third-order valence-corrected chi connectivity index (χ3v) is 4.02. The van der Waals surface area contributed by atoms with Crippen LogP contribution in [0.1, 0.15) is 22.7 Å². The first-order chi connectivity index (χ1) is 9.49. The molecule has 0 saturated heterocycles. The number of carbonyl (C=O) groups is 1. The van der Waals surface area contributed by atoms with E-state index in [2.05, 4.69) is 9.97 Å². The highest BCUT2D eigenvalue weighted by molar-refractivity contribution is 14.1. The molecule has 20 heavy (non-hydrogen) atoms. The molecule has 0 fully saturated rings. The zero-order chi connectivity index (χ0) is 14.7. The van der Waals surface area contributed by atoms with E-state index in [1.54, 1.807) is 0 Å². The van der Waals surface area contributed by atoms with Crippen LogP contribution in [-0.2, 0) is 11.2 Å². The fourth-order valence-electron chi connectivity index (χ4n) is 2.02. The third kappa shape index (κ3) is 3.24. The number of aromatic nitrogens is 2. The molecule has 1 aromatic heterocycles. The number of H-pyrrole nitrogens is 1. The van der Waals surface area contributed by atoms with Crippen LogP contribution in [0.15, 0.2) is 35.4 Å². The van der Waals surface area contributed by atoms with Crippen molar-refractivity contribution in [1.29, 1.82) is 0 Å². The highest BCUT2D eigenvalue weighted by Crippen LogP contribution is 2.22. The van der Waals surface area contributed by atoms with Gasteiger partial charge in [-0.2, -0.15) is 0 Å². The molecule has 2 rings (SSSR count). The van der Waals surface area contributed by atoms with Gasteiger partial charge in [-0.3, -0.25) is 9.59 Å². The van der Waals surface area contributed by atoms with E-state index in [1.807, 2.05) is 53.8 Å². The van der Waals surface area contributed by atoms with Crippen molar-refractivity contribution < 1.29 is 9.90 Å². The molecule has 0 aliphatic carbocycles. The van der Waals surface area contributed by atoms with Gasteiger partial charge in [0.15, 0.2) is 0 Å². The Morgan fingerprint density at radius 1 is 1.50 bits per heavy atom. The molecule has 1 atom stereocenters. The maximum Gasteiger partial charge on any atom is 0.312 e. The average Bonchev–Trinajstić information content (AvgIpc) is 2.39. The zero-order valence-electron chi connectivity index (χ0n) is 10.8. The van der Waals surface area contributed by atoms with Crippen LogP contribution < -0.4 is 5.56 Å². The molecule has 2 aromatic rings. The Labute approximate surface area is 129 Å².